The summed E-state index contributed by atoms with van der Waals surface area (Å²) in [4.78, 5) is 36.9. The molecular weight excluding hydrogens is 356 g/mol. The number of esters is 1. The number of unbranched alkanes of at least 4 members (excludes halogenated alkanes) is 1. The Morgan fingerprint density at radius 1 is 0.964 bits per heavy atom. The average Bonchev–Trinajstić information content (AvgIpc) is 2.64. The monoisotopic (exact) mass is 392 g/mol. The number of ketones is 2. The second kappa shape index (κ2) is 9.51. The van der Waals surface area contributed by atoms with Gasteiger partial charge in [-0.05, 0) is 76.0 Å². The van der Waals surface area contributed by atoms with Crippen LogP contribution in [0.3, 0.4) is 0 Å². The standard InChI is InChI=1S/C23H36O5/c1-16(24)20(5-3-4-8-27-2)15-28-22(26)7-6-21(25)23-12-17-9-18(13-23)11-19(10-17)14-23/h17-20H,3-15H2,1-2H3. The molecule has 28 heavy (non-hydrogen) atoms. The lowest BCUT2D eigenvalue weighted by molar-refractivity contribution is -0.151. The molecular formula is C23H36O5. The first-order valence-corrected chi connectivity index (χ1v) is 11.1. The quantitative estimate of drug-likeness (QED) is 0.369. The molecule has 0 heterocycles. The fourth-order valence-electron chi connectivity index (χ4n) is 6.24. The lowest BCUT2D eigenvalue weighted by Gasteiger charge is -2.56. The van der Waals surface area contributed by atoms with Gasteiger partial charge in [0.25, 0.3) is 0 Å². The van der Waals surface area contributed by atoms with Crippen molar-refractivity contribution in [3.8, 4) is 0 Å². The van der Waals surface area contributed by atoms with Crippen LogP contribution in [0.5, 0.6) is 0 Å². The number of carbonyl (C=O) groups is 3. The van der Waals surface area contributed by atoms with Crippen LogP contribution in [0.4, 0.5) is 0 Å². The molecule has 4 aliphatic carbocycles. The van der Waals surface area contributed by atoms with Crippen molar-refractivity contribution in [2.45, 2.75) is 77.6 Å². The molecule has 0 saturated heterocycles. The van der Waals surface area contributed by atoms with Gasteiger partial charge >= 0.3 is 5.97 Å². The third-order valence-electron chi connectivity index (χ3n) is 7.36. The van der Waals surface area contributed by atoms with Crippen LogP contribution >= 0.6 is 0 Å². The number of rotatable bonds is 12. The number of Topliss-reactive ketones (excluding diaryl/α,β-unsaturated/α-hetero) is 2. The Morgan fingerprint density at radius 2 is 1.57 bits per heavy atom. The molecule has 4 fully saturated rings. The summed E-state index contributed by atoms with van der Waals surface area (Å²) in [7, 11) is 1.66. The van der Waals surface area contributed by atoms with Crippen molar-refractivity contribution in [1.29, 1.82) is 0 Å². The fourth-order valence-corrected chi connectivity index (χ4v) is 6.24. The fraction of sp³-hybridized carbons (Fsp3) is 0.870. The molecule has 1 atom stereocenters. The van der Waals surface area contributed by atoms with E-state index in [4.69, 9.17) is 9.47 Å². The number of carbonyl (C=O) groups excluding carboxylic acids is 3. The molecule has 0 aromatic rings. The van der Waals surface area contributed by atoms with Crippen LogP contribution in [-0.2, 0) is 23.9 Å². The van der Waals surface area contributed by atoms with E-state index in [0.717, 1.165) is 49.9 Å². The Balaban J connectivity index is 1.40. The predicted molar refractivity (Wildman–Crippen MR) is 106 cm³/mol. The van der Waals surface area contributed by atoms with Gasteiger partial charge < -0.3 is 9.47 Å². The zero-order valence-corrected chi connectivity index (χ0v) is 17.5. The molecule has 0 radical (unpaired) electrons. The van der Waals surface area contributed by atoms with Gasteiger partial charge in [0.05, 0.1) is 12.3 Å². The zero-order chi connectivity index (χ0) is 20.1. The van der Waals surface area contributed by atoms with E-state index in [2.05, 4.69) is 0 Å². The van der Waals surface area contributed by atoms with Crippen molar-refractivity contribution in [2.75, 3.05) is 20.3 Å². The molecule has 5 heteroatoms. The van der Waals surface area contributed by atoms with E-state index in [-0.39, 0.29) is 41.9 Å². The van der Waals surface area contributed by atoms with E-state index in [1.807, 2.05) is 0 Å². The molecule has 0 aromatic heterocycles. The zero-order valence-electron chi connectivity index (χ0n) is 17.5. The molecule has 0 aromatic carbocycles. The molecule has 158 valence electrons. The van der Waals surface area contributed by atoms with E-state index in [1.54, 1.807) is 14.0 Å². The maximum Gasteiger partial charge on any atom is 0.306 e. The smallest absolute Gasteiger partial charge is 0.306 e. The number of hydrogen-bond donors (Lipinski definition) is 0. The molecule has 0 aliphatic heterocycles. The summed E-state index contributed by atoms with van der Waals surface area (Å²) in [6.45, 7) is 2.36. The van der Waals surface area contributed by atoms with Gasteiger partial charge in [0.1, 0.15) is 18.2 Å². The summed E-state index contributed by atoms with van der Waals surface area (Å²) >= 11 is 0. The lowest BCUT2D eigenvalue weighted by atomic mass is 9.48. The highest BCUT2D eigenvalue weighted by Gasteiger charge is 2.53. The Labute approximate surface area is 168 Å². The summed E-state index contributed by atoms with van der Waals surface area (Å²) in [5.74, 6) is 1.94. The molecule has 4 bridgehead atoms. The first-order valence-electron chi connectivity index (χ1n) is 11.1. The Morgan fingerprint density at radius 3 is 2.11 bits per heavy atom. The largest absolute Gasteiger partial charge is 0.465 e. The maximum atomic E-state index is 13.0. The first-order chi connectivity index (χ1) is 13.4. The number of hydrogen-bond acceptors (Lipinski definition) is 5. The van der Waals surface area contributed by atoms with Gasteiger partial charge in [0, 0.05) is 25.6 Å². The van der Waals surface area contributed by atoms with Crippen LogP contribution in [0.25, 0.3) is 0 Å². The summed E-state index contributed by atoms with van der Waals surface area (Å²) in [5.41, 5.74) is -0.141. The number of ether oxygens (including phenoxy) is 2. The highest BCUT2D eigenvalue weighted by molar-refractivity contribution is 5.88. The summed E-state index contributed by atoms with van der Waals surface area (Å²) in [6, 6.07) is 0. The highest BCUT2D eigenvalue weighted by Crippen LogP contribution is 2.60. The Kier molecular flexibility index (Phi) is 7.30. The molecule has 1 unspecified atom stereocenters. The minimum atomic E-state index is -0.346. The Bertz CT molecular complexity index is 546. The third-order valence-corrected chi connectivity index (χ3v) is 7.36. The van der Waals surface area contributed by atoms with E-state index in [0.29, 0.717) is 19.4 Å². The van der Waals surface area contributed by atoms with Crippen molar-refractivity contribution in [3.63, 3.8) is 0 Å². The van der Waals surface area contributed by atoms with E-state index >= 15 is 0 Å². The van der Waals surface area contributed by atoms with Crippen LogP contribution in [0.1, 0.15) is 77.6 Å². The molecule has 4 saturated carbocycles. The van der Waals surface area contributed by atoms with Crippen molar-refractivity contribution < 1.29 is 23.9 Å². The molecule has 4 aliphatic rings. The highest BCUT2D eigenvalue weighted by atomic mass is 16.5. The molecule has 0 amide bonds. The van der Waals surface area contributed by atoms with Crippen LogP contribution in [0, 0.1) is 29.1 Å². The first kappa shape index (κ1) is 21.5. The summed E-state index contributed by atoms with van der Waals surface area (Å²) < 4.78 is 10.4. The topological polar surface area (TPSA) is 69.7 Å². The minimum absolute atomic E-state index is 0.0508. The lowest BCUT2D eigenvalue weighted by Crippen LogP contribution is -2.50. The van der Waals surface area contributed by atoms with Crippen LogP contribution in [0.15, 0.2) is 0 Å². The van der Waals surface area contributed by atoms with E-state index < -0.39 is 0 Å². The number of methoxy groups -OCH3 is 1. The van der Waals surface area contributed by atoms with Crippen molar-refractivity contribution in [3.05, 3.63) is 0 Å². The predicted octanol–water partition coefficient (Wildman–Crippen LogP) is 4.12. The van der Waals surface area contributed by atoms with Crippen molar-refractivity contribution in [1.82, 2.24) is 0 Å². The van der Waals surface area contributed by atoms with Gasteiger partial charge in [-0.25, -0.2) is 0 Å². The second-order valence-electron chi connectivity index (χ2n) is 9.60. The SMILES string of the molecule is COCCCCC(COC(=O)CCC(=O)C12CC3CC(CC(C3)C1)C2)C(C)=O. The van der Waals surface area contributed by atoms with E-state index in [9.17, 15) is 14.4 Å². The third kappa shape index (κ3) is 5.22. The molecule has 5 nitrogen and oxygen atoms in total. The van der Waals surface area contributed by atoms with Crippen molar-refractivity contribution >= 4 is 17.5 Å². The van der Waals surface area contributed by atoms with Gasteiger partial charge in [-0.3, -0.25) is 14.4 Å². The molecule has 4 rings (SSSR count). The average molecular weight is 393 g/mol. The van der Waals surface area contributed by atoms with E-state index in [1.165, 1.54) is 19.3 Å². The van der Waals surface area contributed by atoms with Crippen molar-refractivity contribution in [2.24, 2.45) is 29.1 Å². The molecule has 0 N–H and O–H groups in total. The summed E-state index contributed by atoms with van der Waals surface area (Å²) in [6.07, 6.45) is 9.98. The molecule has 0 spiro atoms. The van der Waals surface area contributed by atoms with Gasteiger partial charge in [-0.15, -0.1) is 0 Å². The van der Waals surface area contributed by atoms with Crippen LogP contribution in [-0.4, -0.2) is 37.9 Å². The van der Waals surface area contributed by atoms with Gasteiger partial charge in [0.2, 0.25) is 0 Å². The van der Waals surface area contributed by atoms with Gasteiger partial charge in [-0.1, -0.05) is 6.42 Å². The maximum absolute atomic E-state index is 13.0. The van der Waals surface area contributed by atoms with Gasteiger partial charge in [0.15, 0.2) is 0 Å². The van der Waals surface area contributed by atoms with Gasteiger partial charge in [-0.2, -0.15) is 0 Å². The second-order valence-corrected chi connectivity index (χ2v) is 9.60. The normalized spacial score (nSPS) is 31.6. The van der Waals surface area contributed by atoms with Crippen LogP contribution in [0.2, 0.25) is 0 Å². The summed E-state index contributed by atoms with van der Waals surface area (Å²) in [5, 5.41) is 0. The van der Waals surface area contributed by atoms with Crippen LogP contribution < -0.4 is 0 Å². The Hall–Kier alpha value is -1.23. The minimum Gasteiger partial charge on any atom is -0.465 e.